The molecule has 0 unspecified atom stereocenters. The van der Waals surface area contributed by atoms with E-state index in [0.29, 0.717) is 17.5 Å². The molecular weight excluding hydrogens is 284 g/mol. The number of likely N-dealkylation sites (N-methyl/N-ethyl adjacent to an activating group) is 1. The third kappa shape index (κ3) is 3.73. The van der Waals surface area contributed by atoms with Gasteiger partial charge in [0, 0.05) is 26.2 Å². The van der Waals surface area contributed by atoms with E-state index in [1.165, 1.54) is 17.1 Å². The molecule has 0 spiro atoms. The maximum atomic E-state index is 12.6. The molecule has 0 bridgehead atoms. The van der Waals surface area contributed by atoms with Crippen LogP contribution in [0.5, 0.6) is 0 Å². The Hall–Kier alpha value is -1.17. The number of nitrogens with zero attached hydrogens (tertiary/aromatic N) is 1. The highest BCUT2D eigenvalue weighted by atomic mass is 32.2. The second-order valence-corrected chi connectivity index (χ2v) is 7.79. The number of rotatable bonds is 7. The first kappa shape index (κ1) is 16.2. The van der Waals surface area contributed by atoms with E-state index in [9.17, 15) is 8.42 Å². The largest absolute Gasteiger partial charge is 0.310 e. The SMILES string of the molecule is C=CCN(C)S(=O)(=O)c1cc(CNC2CC2)c(C)cc1C. The van der Waals surface area contributed by atoms with E-state index in [2.05, 4.69) is 11.9 Å². The van der Waals surface area contributed by atoms with Gasteiger partial charge in [-0.3, -0.25) is 0 Å². The fraction of sp³-hybridized carbons (Fsp3) is 0.500. The van der Waals surface area contributed by atoms with Crippen LogP contribution < -0.4 is 5.32 Å². The van der Waals surface area contributed by atoms with Crippen LogP contribution in [0.4, 0.5) is 0 Å². The zero-order chi connectivity index (χ0) is 15.6. The first-order chi connectivity index (χ1) is 9.86. The van der Waals surface area contributed by atoms with Crippen molar-refractivity contribution in [2.45, 2.75) is 44.2 Å². The summed E-state index contributed by atoms with van der Waals surface area (Å²) in [5.41, 5.74) is 2.97. The molecular formula is C16H24N2O2S. The summed E-state index contributed by atoms with van der Waals surface area (Å²) < 4.78 is 26.6. The van der Waals surface area contributed by atoms with Gasteiger partial charge in [-0.1, -0.05) is 12.1 Å². The fourth-order valence-corrected chi connectivity index (χ4v) is 3.73. The van der Waals surface area contributed by atoms with Crippen LogP contribution in [0, 0.1) is 13.8 Å². The van der Waals surface area contributed by atoms with E-state index in [0.717, 1.165) is 23.2 Å². The summed E-state index contributed by atoms with van der Waals surface area (Å²) in [5.74, 6) is 0. The van der Waals surface area contributed by atoms with Gasteiger partial charge in [-0.2, -0.15) is 4.31 Å². The molecule has 0 aromatic heterocycles. The smallest absolute Gasteiger partial charge is 0.243 e. The van der Waals surface area contributed by atoms with Gasteiger partial charge in [0.1, 0.15) is 0 Å². The molecule has 1 aromatic rings. The maximum Gasteiger partial charge on any atom is 0.243 e. The van der Waals surface area contributed by atoms with Gasteiger partial charge in [-0.25, -0.2) is 8.42 Å². The number of aryl methyl sites for hydroxylation is 2. The average Bonchev–Trinajstić information content (AvgIpc) is 3.21. The van der Waals surface area contributed by atoms with Gasteiger partial charge in [-0.15, -0.1) is 6.58 Å². The van der Waals surface area contributed by atoms with E-state index < -0.39 is 10.0 Å². The Bertz CT molecular complexity index is 634. The fourth-order valence-electron chi connectivity index (χ4n) is 2.33. The molecule has 1 aliphatic rings. The minimum absolute atomic E-state index is 0.311. The molecule has 1 N–H and O–H groups in total. The molecule has 116 valence electrons. The Labute approximate surface area is 127 Å². The third-order valence-corrected chi connectivity index (χ3v) is 5.83. The van der Waals surface area contributed by atoms with Crippen LogP contribution in [0.25, 0.3) is 0 Å². The van der Waals surface area contributed by atoms with Crippen molar-refractivity contribution >= 4 is 10.0 Å². The van der Waals surface area contributed by atoms with E-state index in [1.807, 2.05) is 26.0 Å². The number of sulfonamides is 1. The lowest BCUT2D eigenvalue weighted by Crippen LogP contribution is -2.28. The Morgan fingerprint density at radius 1 is 1.33 bits per heavy atom. The summed E-state index contributed by atoms with van der Waals surface area (Å²) in [4.78, 5) is 0.394. The lowest BCUT2D eigenvalue weighted by molar-refractivity contribution is 0.498. The number of hydrogen-bond acceptors (Lipinski definition) is 3. The topological polar surface area (TPSA) is 49.4 Å². The first-order valence-electron chi connectivity index (χ1n) is 7.27. The molecule has 21 heavy (non-hydrogen) atoms. The number of benzene rings is 1. The Balaban J connectivity index is 2.33. The Morgan fingerprint density at radius 2 is 2.00 bits per heavy atom. The number of nitrogens with one attached hydrogen (secondary N) is 1. The van der Waals surface area contributed by atoms with Crippen molar-refractivity contribution in [1.82, 2.24) is 9.62 Å². The molecule has 0 aliphatic heterocycles. The summed E-state index contributed by atoms with van der Waals surface area (Å²) in [7, 11) is -1.88. The van der Waals surface area contributed by atoms with Crippen LogP contribution in [0.1, 0.15) is 29.5 Å². The molecule has 1 fully saturated rings. The van der Waals surface area contributed by atoms with Crippen molar-refractivity contribution < 1.29 is 8.42 Å². The van der Waals surface area contributed by atoms with Crippen molar-refractivity contribution in [1.29, 1.82) is 0 Å². The lowest BCUT2D eigenvalue weighted by atomic mass is 10.1. The van der Waals surface area contributed by atoms with Gasteiger partial charge in [-0.05, 0) is 49.4 Å². The van der Waals surface area contributed by atoms with Gasteiger partial charge < -0.3 is 5.32 Å². The molecule has 0 atom stereocenters. The van der Waals surface area contributed by atoms with Crippen molar-refractivity contribution in [3.8, 4) is 0 Å². The normalized spacial score (nSPS) is 15.4. The van der Waals surface area contributed by atoms with E-state index in [-0.39, 0.29) is 0 Å². The van der Waals surface area contributed by atoms with Crippen LogP contribution in [0.2, 0.25) is 0 Å². The molecule has 0 heterocycles. The molecule has 0 saturated heterocycles. The average molecular weight is 308 g/mol. The predicted octanol–water partition coefficient (Wildman–Crippen LogP) is 2.36. The van der Waals surface area contributed by atoms with Crippen molar-refractivity contribution in [3.63, 3.8) is 0 Å². The van der Waals surface area contributed by atoms with Gasteiger partial charge in [0.2, 0.25) is 10.0 Å². The summed E-state index contributed by atoms with van der Waals surface area (Å²) in [5, 5.41) is 3.44. The first-order valence-corrected chi connectivity index (χ1v) is 8.71. The van der Waals surface area contributed by atoms with Crippen LogP contribution in [-0.4, -0.2) is 32.4 Å². The maximum absolute atomic E-state index is 12.6. The summed E-state index contributed by atoms with van der Waals surface area (Å²) in [6.07, 6.45) is 4.03. The quantitative estimate of drug-likeness (QED) is 0.787. The number of hydrogen-bond donors (Lipinski definition) is 1. The zero-order valence-electron chi connectivity index (χ0n) is 13.0. The second-order valence-electron chi connectivity index (χ2n) is 5.77. The third-order valence-electron chi connectivity index (χ3n) is 3.87. The van der Waals surface area contributed by atoms with Crippen molar-refractivity contribution in [2.75, 3.05) is 13.6 Å². The van der Waals surface area contributed by atoms with E-state index in [1.54, 1.807) is 13.1 Å². The molecule has 1 saturated carbocycles. The highest BCUT2D eigenvalue weighted by Gasteiger charge is 2.24. The lowest BCUT2D eigenvalue weighted by Gasteiger charge is -2.19. The Kier molecular flexibility index (Phi) is 4.86. The van der Waals surface area contributed by atoms with E-state index in [4.69, 9.17) is 0 Å². The van der Waals surface area contributed by atoms with Crippen LogP contribution >= 0.6 is 0 Å². The summed E-state index contributed by atoms with van der Waals surface area (Å²) in [6.45, 7) is 8.51. The van der Waals surface area contributed by atoms with Crippen LogP contribution in [-0.2, 0) is 16.6 Å². The molecule has 4 nitrogen and oxygen atoms in total. The monoisotopic (exact) mass is 308 g/mol. The molecule has 0 radical (unpaired) electrons. The van der Waals surface area contributed by atoms with Gasteiger partial charge in [0.25, 0.3) is 0 Å². The Morgan fingerprint density at radius 3 is 2.57 bits per heavy atom. The highest BCUT2D eigenvalue weighted by molar-refractivity contribution is 7.89. The standard InChI is InChI=1S/C16H24N2O2S/c1-5-8-18(4)21(19,20)16-10-14(11-17-15-6-7-15)12(2)9-13(16)3/h5,9-10,15,17H,1,6-8,11H2,2-4H3. The van der Waals surface area contributed by atoms with Crippen LogP contribution in [0.3, 0.4) is 0 Å². The van der Waals surface area contributed by atoms with Gasteiger partial charge in [0.05, 0.1) is 4.90 Å². The molecule has 2 rings (SSSR count). The van der Waals surface area contributed by atoms with Gasteiger partial charge >= 0.3 is 0 Å². The predicted molar refractivity (Wildman–Crippen MR) is 85.8 cm³/mol. The van der Waals surface area contributed by atoms with Crippen molar-refractivity contribution in [3.05, 3.63) is 41.5 Å². The highest BCUT2D eigenvalue weighted by Crippen LogP contribution is 2.25. The molecule has 1 aromatic carbocycles. The summed E-state index contributed by atoms with van der Waals surface area (Å²) in [6, 6.07) is 4.38. The van der Waals surface area contributed by atoms with E-state index >= 15 is 0 Å². The molecule has 0 amide bonds. The van der Waals surface area contributed by atoms with Gasteiger partial charge in [0.15, 0.2) is 0 Å². The molecule has 5 heteroatoms. The minimum atomic E-state index is -3.46. The molecule has 1 aliphatic carbocycles. The summed E-state index contributed by atoms with van der Waals surface area (Å²) >= 11 is 0. The minimum Gasteiger partial charge on any atom is -0.310 e. The van der Waals surface area contributed by atoms with Crippen molar-refractivity contribution in [2.24, 2.45) is 0 Å². The second kappa shape index (κ2) is 6.30. The van der Waals surface area contributed by atoms with Crippen LogP contribution in [0.15, 0.2) is 29.7 Å². The zero-order valence-corrected chi connectivity index (χ0v) is 13.8.